The average Bonchev–Trinajstić information content (AvgIpc) is 3.55. The summed E-state index contributed by atoms with van der Waals surface area (Å²) in [5.74, 6) is -0.169. The predicted octanol–water partition coefficient (Wildman–Crippen LogP) is 11.6. The van der Waals surface area contributed by atoms with Crippen molar-refractivity contribution in [3.05, 3.63) is 70.5 Å². The normalized spacial score (nSPS) is 11.4. The number of benzene rings is 2. The fourth-order valence-electron chi connectivity index (χ4n) is 6.78. The van der Waals surface area contributed by atoms with E-state index in [4.69, 9.17) is 24.2 Å². The molecule has 0 spiro atoms. The molecule has 0 radical (unpaired) electrons. The number of carbonyl (C=O) groups excluding carboxylic acids is 2. The van der Waals surface area contributed by atoms with Crippen molar-refractivity contribution >= 4 is 34.7 Å². The van der Waals surface area contributed by atoms with Crippen molar-refractivity contribution in [1.29, 1.82) is 0 Å². The monoisotopic (exact) mass is 729 g/mol. The summed E-state index contributed by atoms with van der Waals surface area (Å²) in [5, 5.41) is 0.708. The molecule has 0 amide bonds. The van der Waals surface area contributed by atoms with Crippen LogP contribution in [0, 0.1) is 6.92 Å². The molecule has 0 aliphatic heterocycles. The summed E-state index contributed by atoms with van der Waals surface area (Å²) >= 11 is 1.44. The van der Waals surface area contributed by atoms with Crippen molar-refractivity contribution in [1.82, 2.24) is 15.0 Å². The molecule has 0 aliphatic rings. The van der Waals surface area contributed by atoms with Crippen LogP contribution in [0.2, 0.25) is 0 Å². The van der Waals surface area contributed by atoms with E-state index >= 15 is 0 Å². The number of fused-ring (bicyclic) bond motifs is 1. The molecular weight excluding hydrogens is 671 g/mol. The summed E-state index contributed by atoms with van der Waals surface area (Å²) < 4.78 is 17.4. The number of pyridine rings is 1. The number of aromatic nitrogens is 3. The fraction of sp³-hybridized carbons (Fsp3) is 0.535. The zero-order valence-corrected chi connectivity index (χ0v) is 33.1. The molecule has 2 aromatic heterocycles. The number of hydrogen-bond donors (Lipinski definition) is 1. The maximum atomic E-state index is 13.9. The molecule has 1 N–H and O–H groups in total. The number of aromatic amines is 1. The number of H-pyrrole nitrogens is 1. The van der Waals surface area contributed by atoms with E-state index in [1.54, 1.807) is 13.8 Å². The Labute approximate surface area is 315 Å². The first-order chi connectivity index (χ1) is 25.3. The summed E-state index contributed by atoms with van der Waals surface area (Å²) in [6.07, 6.45) is 17.3. The highest BCUT2D eigenvalue weighted by Gasteiger charge is 2.32. The van der Waals surface area contributed by atoms with E-state index in [0.29, 0.717) is 33.6 Å². The Hall–Kier alpha value is -3.85. The number of ether oxygens (including phenoxy) is 3. The summed E-state index contributed by atoms with van der Waals surface area (Å²) in [5.41, 5.74) is 5.46. The number of nitrogens with one attached hydrogen (secondary N) is 1. The Bertz CT molecular complexity index is 1700. The number of unbranched alkanes of at least 4 members (excludes halogenated alkanes) is 12. The number of imidazole rings is 1. The van der Waals surface area contributed by atoms with E-state index in [1.165, 1.54) is 89.5 Å². The van der Waals surface area contributed by atoms with Crippen LogP contribution in [0.5, 0.6) is 5.75 Å². The van der Waals surface area contributed by atoms with E-state index in [1.807, 2.05) is 50.2 Å². The maximum Gasteiger partial charge on any atom is 0.340 e. The molecule has 9 heteroatoms. The number of esters is 2. The van der Waals surface area contributed by atoms with Gasteiger partial charge in [-0.05, 0) is 64.3 Å². The highest BCUT2D eigenvalue weighted by molar-refractivity contribution is 7.98. The molecule has 0 saturated heterocycles. The van der Waals surface area contributed by atoms with Gasteiger partial charge in [-0.15, -0.1) is 0 Å². The first-order valence-corrected chi connectivity index (χ1v) is 20.4. The van der Waals surface area contributed by atoms with Crippen molar-refractivity contribution in [2.24, 2.45) is 0 Å². The number of thioether (sulfide) groups is 1. The molecule has 282 valence electrons. The van der Waals surface area contributed by atoms with Gasteiger partial charge in [-0.3, -0.25) is 4.98 Å². The molecular formula is C43H59N3O5S. The van der Waals surface area contributed by atoms with Gasteiger partial charge in [-0.1, -0.05) is 120 Å². The number of rotatable bonds is 23. The van der Waals surface area contributed by atoms with Crippen LogP contribution in [0.3, 0.4) is 0 Å². The molecule has 2 heterocycles. The highest BCUT2D eigenvalue weighted by atomic mass is 32.2. The summed E-state index contributed by atoms with van der Waals surface area (Å²) in [6, 6.07) is 13.8. The number of para-hydroxylation sites is 2. The average molecular weight is 730 g/mol. The molecule has 0 bridgehead atoms. The number of methoxy groups -OCH3 is 1. The summed E-state index contributed by atoms with van der Waals surface area (Å²) in [6.45, 7) is 9.97. The van der Waals surface area contributed by atoms with Crippen molar-refractivity contribution in [2.75, 3.05) is 13.7 Å². The van der Waals surface area contributed by atoms with E-state index < -0.39 is 11.9 Å². The van der Waals surface area contributed by atoms with Crippen LogP contribution in [0.15, 0.2) is 47.6 Å². The minimum absolute atomic E-state index is 0.135. The van der Waals surface area contributed by atoms with Crippen molar-refractivity contribution in [2.45, 2.75) is 142 Å². The lowest BCUT2D eigenvalue weighted by atomic mass is 9.87. The van der Waals surface area contributed by atoms with Gasteiger partial charge < -0.3 is 19.2 Å². The van der Waals surface area contributed by atoms with Crippen molar-refractivity contribution in [3.63, 3.8) is 0 Å². The van der Waals surface area contributed by atoms with Crippen LogP contribution in [-0.2, 0) is 21.6 Å². The van der Waals surface area contributed by atoms with E-state index in [-0.39, 0.29) is 23.8 Å². The SMILES string of the molecule is CCCCCCCCCCCCCCCc1cccc(OC(C)C)c1-c1c(C(=O)OCC)c(C)nc(CSc2nc3ccccc3[nH]2)c1C(=O)OC. The van der Waals surface area contributed by atoms with Gasteiger partial charge in [0.1, 0.15) is 5.75 Å². The lowest BCUT2D eigenvalue weighted by Gasteiger charge is -2.23. The Balaban J connectivity index is 1.63. The molecule has 52 heavy (non-hydrogen) atoms. The van der Waals surface area contributed by atoms with Gasteiger partial charge in [0.2, 0.25) is 0 Å². The number of hydrogen-bond acceptors (Lipinski definition) is 8. The minimum Gasteiger partial charge on any atom is -0.490 e. The van der Waals surface area contributed by atoms with Crippen LogP contribution in [0.4, 0.5) is 0 Å². The summed E-state index contributed by atoms with van der Waals surface area (Å²) in [7, 11) is 1.36. The molecule has 0 aliphatic carbocycles. The molecule has 0 atom stereocenters. The Morgan fingerprint density at radius 1 is 0.769 bits per heavy atom. The fourth-order valence-corrected chi connectivity index (χ4v) is 7.61. The van der Waals surface area contributed by atoms with Crippen LogP contribution in [-0.4, -0.2) is 46.7 Å². The zero-order chi connectivity index (χ0) is 37.3. The van der Waals surface area contributed by atoms with E-state index in [0.717, 1.165) is 41.4 Å². The molecule has 2 aromatic carbocycles. The predicted molar refractivity (Wildman–Crippen MR) is 213 cm³/mol. The largest absolute Gasteiger partial charge is 0.490 e. The number of nitrogens with zero attached hydrogens (tertiary/aromatic N) is 2. The third-order valence-corrected chi connectivity index (χ3v) is 10.2. The van der Waals surface area contributed by atoms with E-state index in [2.05, 4.69) is 18.0 Å². The lowest BCUT2D eigenvalue weighted by molar-refractivity contribution is 0.0526. The molecule has 0 fully saturated rings. The van der Waals surface area contributed by atoms with Crippen molar-refractivity contribution in [3.8, 4) is 16.9 Å². The first-order valence-electron chi connectivity index (χ1n) is 19.4. The third-order valence-electron chi connectivity index (χ3n) is 9.31. The smallest absolute Gasteiger partial charge is 0.340 e. The Kier molecular flexibility index (Phi) is 17.0. The lowest BCUT2D eigenvalue weighted by Crippen LogP contribution is -2.19. The van der Waals surface area contributed by atoms with Gasteiger partial charge in [0.25, 0.3) is 0 Å². The molecule has 4 aromatic rings. The molecule has 4 rings (SSSR count). The van der Waals surface area contributed by atoms with Gasteiger partial charge in [-0.2, -0.15) is 0 Å². The van der Waals surface area contributed by atoms with Gasteiger partial charge >= 0.3 is 11.9 Å². The minimum atomic E-state index is -0.570. The highest BCUT2D eigenvalue weighted by Crippen LogP contribution is 2.42. The van der Waals surface area contributed by atoms with Crippen LogP contribution in [0.25, 0.3) is 22.2 Å². The molecule has 0 unspecified atom stereocenters. The Morgan fingerprint density at radius 3 is 2.04 bits per heavy atom. The standard InChI is InChI=1S/C43H59N3O5S/c1-7-9-10-11-12-13-14-15-16-17-18-19-20-24-32-25-23-28-36(51-30(3)4)38(32)40-37(42(48)50-8-2)31(5)44-35(39(40)41(47)49-6)29-52-43-45-33-26-21-22-27-34(33)46-43/h21-23,25-28,30H,7-20,24,29H2,1-6H3,(H,45,46). The van der Waals surface area contributed by atoms with Crippen LogP contribution in [0.1, 0.15) is 149 Å². The Morgan fingerprint density at radius 2 is 1.42 bits per heavy atom. The summed E-state index contributed by atoms with van der Waals surface area (Å²) in [4.78, 5) is 40.5. The molecule has 8 nitrogen and oxygen atoms in total. The third kappa shape index (κ3) is 11.6. The first kappa shape index (κ1) is 40.9. The zero-order valence-electron chi connectivity index (χ0n) is 32.3. The molecule has 0 saturated carbocycles. The van der Waals surface area contributed by atoms with E-state index in [9.17, 15) is 9.59 Å². The van der Waals surface area contributed by atoms with Crippen LogP contribution < -0.4 is 4.74 Å². The second-order valence-corrected chi connectivity index (χ2v) is 14.7. The maximum absolute atomic E-state index is 13.9. The quantitative estimate of drug-likeness (QED) is 0.0457. The van der Waals surface area contributed by atoms with Crippen LogP contribution >= 0.6 is 11.8 Å². The number of aryl methyl sites for hydroxylation is 2. The van der Waals surface area contributed by atoms with Gasteiger partial charge in [0.05, 0.1) is 53.4 Å². The van der Waals surface area contributed by atoms with Gasteiger partial charge in [0, 0.05) is 16.9 Å². The van der Waals surface area contributed by atoms with Gasteiger partial charge in [-0.25, -0.2) is 14.6 Å². The van der Waals surface area contributed by atoms with Crippen molar-refractivity contribution < 1.29 is 23.8 Å². The topological polar surface area (TPSA) is 103 Å². The second-order valence-electron chi connectivity index (χ2n) is 13.8. The second kappa shape index (κ2) is 21.6. The number of carbonyl (C=O) groups is 2. The van der Waals surface area contributed by atoms with Gasteiger partial charge in [0.15, 0.2) is 5.16 Å².